The highest BCUT2D eigenvalue weighted by Crippen LogP contribution is 2.26. The molecule has 0 radical (unpaired) electrons. The van der Waals surface area contributed by atoms with Gasteiger partial charge in [0.1, 0.15) is 18.2 Å². The number of benzene rings is 3. The molecule has 1 atom stereocenters. The minimum Gasteiger partial charge on any atom is -0.490 e. The van der Waals surface area contributed by atoms with Crippen molar-refractivity contribution in [2.75, 3.05) is 13.2 Å². The van der Waals surface area contributed by atoms with Gasteiger partial charge >= 0.3 is 5.97 Å². The van der Waals surface area contributed by atoms with Crippen molar-refractivity contribution >= 4 is 17.5 Å². The summed E-state index contributed by atoms with van der Waals surface area (Å²) >= 11 is 0. The number of esters is 1. The molecule has 184 valence electrons. The molecule has 4 rings (SSSR count). The van der Waals surface area contributed by atoms with E-state index in [1.165, 1.54) is 0 Å². The van der Waals surface area contributed by atoms with Crippen molar-refractivity contribution in [3.05, 3.63) is 114 Å². The second-order valence-corrected chi connectivity index (χ2v) is 8.08. The molecule has 1 heterocycles. The van der Waals surface area contributed by atoms with Gasteiger partial charge in [0.25, 0.3) is 0 Å². The number of ether oxygens (including phenoxy) is 2. The Balaban J connectivity index is 1.36. The summed E-state index contributed by atoms with van der Waals surface area (Å²) in [6, 6.07) is 26.0. The van der Waals surface area contributed by atoms with Crippen molar-refractivity contribution in [2.45, 2.75) is 18.6 Å². The van der Waals surface area contributed by atoms with Gasteiger partial charge in [-0.1, -0.05) is 66.7 Å². The second kappa shape index (κ2) is 12.4. The number of amidine groups is 1. The lowest BCUT2D eigenvalue weighted by molar-refractivity contribution is -0.163. The maximum absolute atomic E-state index is 12.9. The highest BCUT2D eigenvalue weighted by atomic mass is 16.7. The van der Waals surface area contributed by atoms with E-state index < -0.39 is 18.2 Å². The summed E-state index contributed by atoms with van der Waals surface area (Å²) in [7, 11) is 0. The Morgan fingerprint density at radius 1 is 0.944 bits per heavy atom. The lowest BCUT2D eigenvalue weighted by atomic mass is 10.0. The summed E-state index contributed by atoms with van der Waals surface area (Å²) in [6.07, 6.45) is 2.82. The van der Waals surface area contributed by atoms with Crippen LogP contribution in [0.3, 0.4) is 0 Å². The predicted molar refractivity (Wildman–Crippen MR) is 139 cm³/mol. The maximum atomic E-state index is 12.9. The first-order valence-corrected chi connectivity index (χ1v) is 11.5. The van der Waals surface area contributed by atoms with Gasteiger partial charge in [-0.05, 0) is 35.4 Å². The van der Waals surface area contributed by atoms with Gasteiger partial charge in [-0.15, -0.1) is 0 Å². The zero-order chi connectivity index (χ0) is 25.2. The third kappa shape index (κ3) is 6.65. The number of aliphatic imine (C=N–C) groups is 2. The Morgan fingerprint density at radius 3 is 2.14 bits per heavy atom. The topological polar surface area (TPSA) is 122 Å². The number of hydrogen-bond donors (Lipinski definition) is 2. The monoisotopic (exact) mass is 484 g/mol. The van der Waals surface area contributed by atoms with Crippen molar-refractivity contribution in [3.63, 3.8) is 0 Å². The zero-order valence-corrected chi connectivity index (χ0v) is 19.7. The summed E-state index contributed by atoms with van der Waals surface area (Å²) < 4.78 is 11.5. The Labute approximate surface area is 209 Å². The van der Waals surface area contributed by atoms with E-state index in [-0.39, 0.29) is 6.61 Å². The van der Waals surface area contributed by atoms with Crippen molar-refractivity contribution in [2.24, 2.45) is 21.6 Å². The molecule has 36 heavy (non-hydrogen) atoms. The Morgan fingerprint density at radius 2 is 1.58 bits per heavy atom. The molecule has 1 aliphatic rings. The molecule has 0 spiro atoms. The molecule has 0 bridgehead atoms. The van der Waals surface area contributed by atoms with Crippen LogP contribution in [0.25, 0.3) is 0 Å². The number of carbonyl (C=O) groups is 1. The van der Waals surface area contributed by atoms with E-state index in [2.05, 4.69) is 9.98 Å². The smallest absolute Gasteiger partial charge is 0.341 e. The van der Waals surface area contributed by atoms with Gasteiger partial charge in [0.05, 0.1) is 6.54 Å². The summed E-state index contributed by atoms with van der Waals surface area (Å²) in [5.74, 6) is 5.72. The van der Waals surface area contributed by atoms with E-state index in [1.54, 1.807) is 30.5 Å². The molecular weight excluding hydrogens is 456 g/mol. The Hall–Kier alpha value is -4.27. The number of allylic oxidation sites excluding steroid dienone is 1. The van der Waals surface area contributed by atoms with Crippen LogP contribution in [-0.2, 0) is 14.4 Å². The molecule has 8 heteroatoms. The first kappa shape index (κ1) is 24.8. The van der Waals surface area contributed by atoms with Crippen LogP contribution < -0.4 is 16.4 Å². The highest BCUT2D eigenvalue weighted by molar-refractivity contribution is 5.99. The standard InChI is InChI=1S/C28H28N4O4/c29-27(32-18-23-12-7-17-31-23)22-13-15-24(16-14-22)34-19-25(36-30)28(33)35-26(20-8-3-1-4-9-20)21-10-5-2-6-11-21/h1-11,13-17,25-26H,12,18-19,30H2,(H2,29,32)/t25-/m1/s1. The van der Waals surface area contributed by atoms with Gasteiger partial charge in [-0.3, -0.25) is 14.8 Å². The average molecular weight is 485 g/mol. The number of carbonyl (C=O) groups excluding carboxylic acids is 1. The van der Waals surface area contributed by atoms with E-state index in [0.29, 0.717) is 18.1 Å². The van der Waals surface area contributed by atoms with E-state index in [0.717, 1.165) is 28.8 Å². The summed E-state index contributed by atoms with van der Waals surface area (Å²) in [5, 5.41) is 0. The molecule has 0 fully saturated rings. The van der Waals surface area contributed by atoms with Crippen molar-refractivity contribution in [1.82, 2.24) is 0 Å². The Kier molecular flexibility index (Phi) is 8.58. The van der Waals surface area contributed by atoms with E-state index >= 15 is 0 Å². The lowest BCUT2D eigenvalue weighted by Crippen LogP contribution is -2.35. The zero-order valence-electron chi connectivity index (χ0n) is 19.7. The fourth-order valence-corrected chi connectivity index (χ4v) is 3.61. The largest absolute Gasteiger partial charge is 0.490 e. The van der Waals surface area contributed by atoms with Gasteiger partial charge < -0.3 is 15.2 Å². The molecule has 0 saturated carbocycles. The number of nitrogens with two attached hydrogens (primary N) is 2. The van der Waals surface area contributed by atoms with Crippen LogP contribution in [0.5, 0.6) is 5.75 Å². The second-order valence-electron chi connectivity index (χ2n) is 8.08. The van der Waals surface area contributed by atoms with E-state index in [9.17, 15) is 4.79 Å². The average Bonchev–Trinajstić information content (AvgIpc) is 3.46. The summed E-state index contributed by atoms with van der Waals surface area (Å²) in [6.45, 7) is 0.336. The van der Waals surface area contributed by atoms with Gasteiger partial charge in [-0.25, -0.2) is 10.7 Å². The quantitative estimate of drug-likeness (QED) is 0.185. The van der Waals surface area contributed by atoms with Crippen LogP contribution in [0.4, 0.5) is 0 Å². The fourth-order valence-electron chi connectivity index (χ4n) is 3.61. The van der Waals surface area contributed by atoms with Gasteiger partial charge in [0.15, 0.2) is 6.10 Å². The molecule has 0 aromatic heterocycles. The third-order valence-corrected chi connectivity index (χ3v) is 5.57. The van der Waals surface area contributed by atoms with Crippen LogP contribution >= 0.6 is 0 Å². The maximum Gasteiger partial charge on any atom is 0.341 e. The molecule has 0 saturated heterocycles. The Bertz CT molecular complexity index is 1190. The van der Waals surface area contributed by atoms with Crippen LogP contribution in [0.2, 0.25) is 0 Å². The fraction of sp³-hybridized carbons (Fsp3) is 0.179. The van der Waals surface area contributed by atoms with Gasteiger partial charge in [-0.2, -0.15) is 0 Å². The first-order chi connectivity index (χ1) is 17.6. The van der Waals surface area contributed by atoms with Crippen molar-refractivity contribution in [1.29, 1.82) is 0 Å². The molecule has 0 unspecified atom stereocenters. The van der Waals surface area contributed by atoms with Crippen molar-refractivity contribution in [3.8, 4) is 5.75 Å². The molecule has 1 aliphatic heterocycles. The van der Waals surface area contributed by atoms with Crippen LogP contribution in [0.1, 0.15) is 29.2 Å². The highest BCUT2D eigenvalue weighted by Gasteiger charge is 2.27. The molecule has 3 aromatic carbocycles. The number of rotatable bonds is 11. The minimum absolute atomic E-state index is 0.124. The number of nitrogens with zero attached hydrogens (tertiary/aromatic N) is 2. The van der Waals surface area contributed by atoms with Gasteiger partial charge in [0.2, 0.25) is 6.10 Å². The summed E-state index contributed by atoms with van der Waals surface area (Å²) in [5.41, 5.74) is 9.48. The third-order valence-electron chi connectivity index (χ3n) is 5.57. The van der Waals surface area contributed by atoms with E-state index in [4.69, 9.17) is 25.9 Å². The first-order valence-electron chi connectivity index (χ1n) is 11.5. The van der Waals surface area contributed by atoms with E-state index in [1.807, 2.05) is 66.7 Å². The van der Waals surface area contributed by atoms with Crippen molar-refractivity contribution < 1.29 is 19.1 Å². The SMILES string of the molecule is NO[C@H](COc1ccc(C(N)=NCC2=NC=CC2)cc1)C(=O)OC(c1ccccc1)c1ccccc1. The molecule has 0 aliphatic carbocycles. The molecule has 8 nitrogen and oxygen atoms in total. The summed E-state index contributed by atoms with van der Waals surface area (Å²) in [4.78, 5) is 26.4. The van der Waals surface area contributed by atoms with Gasteiger partial charge in [0, 0.05) is 23.9 Å². The molecule has 4 N–H and O–H groups in total. The molecule has 0 amide bonds. The van der Waals surface area contributed by atoms with Crippen LogP contribution in [-0.4, -0.2) is 36.8 Å². The van der Waals surface area contributed by atoms with Crippen LogP contribution in [0.15, 0.2) is 107 Å². The number of hydrogen-bond acceptors (Lipinski definition) is 7. The minimum atomic E-state index is -1.12. The molecular formula is C28H28N4O4. The predicted octanol–water partition coefficient (Wildman–Crippen LogP) is 3.72. The molecule has 3 aromatic rings. The normalized spacial score (nSPS) is 13.9. The lowest BCUT2D eigenvalue weighted by Gasteiger charge is -2.22. The van der Waals surface area contributed by atoms with Crippen LogP contribution in [0, 0.1) is 0 Å².